The van der Waals surface area contributed by atoms with Gasteiger partial charge in [-0.25, -0.2) is 4.99 Å². The van der Waals surface area contributed by atoms with Gasteiger partial charge in [0.1, 0.15) is 5.84 Å². The van der Waals surface area contributed by atoms with Gasteiger partial charge in [-0.15, -0.1) is 0 Å². The first-order chi connectivity index (χ1) is 8.24. The Morgan fingerprint density at radius 3 is 3.00 bits per heavy atom. The summed E-state index contributed by atoms with van der Waals surface area (Å²) in [5.74, 6) is 1.22. The van der Waals surface area contributed by atoms with Crippen LogP contribution in [0.3, 0.4) is 0 Å². The van der Waals surface area contributed by atoms with Crippen LogP contribution in [-0.2, 0) is 0 Å². The smallest absolute Gasteiger partial charge is 0.103 e. The van der Waals surface area contributed by atoms with Gasteiger partial charge in [-0.3, -0.25) is 4.98 Å². The van der Waals surface area contributed by atoms with Crippen LogP contribution in [0.15, 0.2) is 39.9 Å². The van der Waals surface area contributed by atoms with E-state index in [1.807, 2.05) is 24.3 Å². The molecular weight excluding hydrogens is 278 g/mol. The molecule has 86 valence electrons. The zero-order valence-electron chi connectivity index (χ0n) is 9.23. The van der Waals surface area contributed by atoms with Gasteiger partial charge >= 0.3 is 0 Å². The average molecular weight is 290 g/mol. The summed E-state index contributed by atoms with van der Waals surface area (Å²) in [4.78, 5) is 8.90. The molecule has 0 unspecified atom stereocenters. The number of benzene rings is 1. The second kappa shape index (κ2) is 4.11. The lowest BCUT2D eigenvalue weighted by Gasteiger charge is -2.03. The van der Waals surface area contributed by atoms with Crippen molar-refractivity contribution >= 4 is 38.4 Å². The maximum atomic E-state index is 5.94. The van der Waals surface area contributed by atoms with E-state index in [0.717, 1.165) is 26.9 Å². The third-order valence-corrected chi connectivity index (χ3v) is 3.34. The van der Waals surface area contributed by atoms with Gasteiger partial charge in [-0.1, -0.05) is 12.1 Å². The number of aliphatic imine (C=N–C) groups is 1. The van der Waals surface area contributed by atoms with Crippen molar-refractivity contribution < 1.29 is 0 Å². The van der Waals surface area contributed by atoms with E-state index in [1.165, 1.54) is 12.8 Å². The van der Waals surface area contributed by atoms with E-state index in [9.17, 15) is 0 Å². The average Bonchev–Trinajstić information content (AvgIpc) is 3.12. The van der Waals surface area contributed by atoms with Crippen LogP contribution in [-0.4, -0.2) is 10.8 Å². The number of rotatable bonds is 2. The van der Waals surface area contributed by atoms with E-state index in [1.54, 1.807) is 6.20 Å². The van der Waals surface area contributed by atoms with E-state index in [2.05, 4.69) is 25.9 Å². The number of aromatic nitrogens is 1. The quantitative estimate of drug-likeness (QED) is 0.680. The summed E-state index contributed by atoms with van der Waals surface area (Å²) in [6.45, 7) is 0. The molecule has 1 aromatic heterocycles. The zero-order chi connectivity index (χ0) is 11.8. The van der Waals surface area contributed by atoms with Crippen LogP contribution in [0.2, 0.25) is 0 Å². The van der Waals surface area contributed by atoms with Crippen LogP contribution in [0.1, 0.15) is 12.8 Å². The van der Waals surface area contributed by atoms with Crippen molar-refractivity contribution in [2.24, 2.45) is 16.6 Å². The van der Waals surface area contributed by atoms with Crippen LogP contribution < -0.4 is 5.73 Å². The van der Waals surface area contributed by atoms with Crippen molar-refractivity contribution in [3.05, 3.63) is 34.9 Å². The van der Waals surface area contributed by atoms with Gasteiger partial charge in [0, 0.05) is 22.0 Å². The lowest BCUT2D eigenvalue weighted by molar-refractivity contribution is 1.15. The number of amidine groups is 1. The number of nitrogens with zero attached hydrogens (tertiary/aromatic N) is 2. The summed E-state index contributed by atoms with van der Waals surface area (Å²) in [5.41, 5.74) is 7.71. The van der Waals surface area contributed by atoms with Crippen molar-refractivity contribution in [3.8, 4) is 0 Å². The van der Waals surface area contributed by atoms with Crippen molar-refractivity contribution in [3.63, 3.8) is 0 Å². The molecule has 0 aliphatic heterocycles. The molecule has 0 atom stereocenters. The first-order valence-electron chi connectivity index (χ1n) is 5.62. The molecule has 0 radical (unpaired) electrons. The topological polar surface area (TPSA) is 51.3 Å². The highest BCUT2D eigenvalue weighted by Crippen LogP contribution is 2.32. The Kier molecular flexibility index (Phi) is 2.59. The van der Waals surface area contributed by atoms with Crippen LogP contribution in [0.25, 0.3) is 10.9 Å². The minimum atomic E-state index is 0.487. The largest absolute Gasteiger partial charge is 0.387 e. The van der Waals surface area contributed by atoms with E-state index >= 15 is 0 Å². The van der Waals surface area contributed by atoms with Crippen LogP contribution >= 0.6 is 15.9 Å². The Bertz CT molecular complexity index is 603. The predicted octanol–water partition coefficient (Wildman–Crippen LogP) is 3.40. The molecule has 17 heavy (non-hydrogen) atoms. The summed E-state index contributed by atoms with van der Waals surface area (Å²) in [6, 6.07) is 8.00. The standard InChI is InChI=1S/C13H12BrN3/c14-10-6-9-2-1-3-11(12(9)16-7-10)17-13(15)8-4-5-8/h1-3,6-8H,4-5H2,(H2,15,17). The van der Waals surface area contributed by atoms with Crippen LogP contribution in [0, 0.1) is 5.92 Å². The lowest BCUT2D eigenvalue weighted by Crippen LogP contribution is -2.13. The number of hydrogen-bond acceptors (Lipinski definition) is 2. The number of fused-ring (bicyclic) bond motifs is 1. The first kappa shape index (κ1) is 10.7. The molecule has 1 aromatic carbocycles. The minimum absolute atomic E-state index is 0.487. The highest BCUT2D eigenvalue weighted by molar-refractivity contribution is 9.10. The minimum Gasteiger partial charge on any atom is -0.387 e. The number of para-hydroxylation sites is 1. The van der Waals surface area contributed by atoms with Gasteiger partial charge in [0.2, 0.25) is 0 Å². The fourth-order valence-corrected chi connectivity index (χ4v) is 2.17. The number of hydrogen-bond donors (Lipinski definition) is 1. The van der Waals surface area contributed by atoms with Gasteiger partial charge in [0.05, 0.1) is 11.2 Å². The normalized spacial score (nSPS) is 16.4. The third kappa shape index (κ3) is 2.17. The number of halogens is 1. The molecule has 2 N–H and O–H groups in total. The summed E-state index contributed by atoms with van der Waals surface area (Å²) in [7, 11) is 0. The van der Waals surface area contributed by atoms with Crippen molar-refractivity contribution in [1.29, 1.82) is 0 Å². The van der Waals surface area contributed by atoms with Crippen molar-refractivity contribution in [1.82, 2.24) is 4.98 Å². The van der Waals surface area contributed by atoms with Gasteiger partial charge in [-0.2, -0.15) is 0 Å². The number of pyridine rings is 1. The molecule has 0 spiro atoms. The van der Waals surface area contributed by atoms with E-state index < -0.39 is 0 Å². The summed E-state index contributed by atoms with van der Waals surface area (Å²) in [5, 5.41) is 1.07. The second-order valence-corrected chi connectivity index (χ2v) is 5.23. The molecule has 4 heteroatoms. The van der Waals surface area contributed by atoms with E-state index in [-0.39, 0.29) is 0 Å². The highest BCUT2D eigenvalue weighted by Gasteiger charge is 2.25. The van der Waals surface area contributed by atoms with Crippen molar-refractivity contribution in [2.75, 3.05) is 0 Å². The Morgan fingerprint density at radius 2 is 2.24 bits per heavy atom. The zero-order valence-corrected chi connectivity index (χ0v) is 10.8. The molecule has 2 aromatic rings. The second-order valence-electron chi connectivity index (χ2n) is 4.31. The monoisotopic (exact) mass is 289 g/mol. The predicted molar refractivity (Wildman–Crippen MR) is 73.4 cm³/mol. The molecule has 0 amide bonds. The molecule has 3 rings (SSSR count). The SMILES string of the molecule is NC(=Nc1cccc2cc(Br)cnc12)C1CC1. The third-order valence-electron chi connectivity index (χ3n) is 2.90. The molecule has 0 saturated heterocycles. The molecular formula is C13H12BrN3. The molecule has 1 fully saturated rings. The van der Waals surface area contributed by atoms with E-state index in [4.69, 9.17) is 5.73 Å². The summed E-state index contributed by atoms with van der Waals surface area (Å²) < 4.78 is 0.973. The maximum Gasteiger partial charge on any atom is 0.103 e. The van der Waals surface area contributed by atoms with Crippen LogP contribution in [0.5, 0.6) is 0 Å². The first-order valence-corrected chi connectivity index (χ1v) is 6.41. The Morgan fingerprint density at radius 1 is 1.41 bits per heavy atom. The molecule has 0 bridgehead atoms. The lowest BCUT2D eigenvalue weighted by atomic mass is 10.2. The Labute approximate surface area is 108 Å². The summed E-state index contributed by atoms with van der Waals surface area (Å²) in [6.07, 6.45) is 4.12. The van der Waals surface area contributed by atoms with E-state index in [0.29, 0.717) is 5.92 Å². The Balaban J connectivity index is 2.12. The molecule has 3 nitrogen and oxygen atoms in total. The fraction of sp³-hybridized carbons (Fsp3) is 0.231. The van der Waals surface area contributed by atoms with Crippen LogP contribution in [0.4, 0.5) is 5.69 Å². The maximum absolute atomic E-state index is 5.94. The molecule has 1 heterocycles. The highest BCUT2D eigenvalue weighted by atomic mass is 79.9. The van der Waals surface area contributed by atoms with Crippen molar-refractivity contribution in [2.45, 2.75) is 12.8 Å². The van der Waals surface area contributed by atoms with Gasteiger partial charge in [0.15, 0.2) is 0 Å². The van der Waals surface area contributed by atoms with Gasteiger partial charge in [0.25, 0.3) is 0 Å². The molecule has 1 aliphatic rings. The molecule has 1 aliphatic carbocycles. The van der Waals surface area contributed by atoms with Gasteiger partial charge in [-0.05, 0) is 40.9 Å². The summed E-state index contributed by atoms with van der Waals surface area (Å²) >= 11 is 3.42. The number of nitrogens with two attached hydrogens (primary N) is 1. The van der Waals surface area contributed by atoms with Gasteiger partial charge < -0.3 is 5.73 Å². The Hall–Kier alpha value is -1.42. The fourth-order valence-electron chi connectivity index (χ4n) is 1.82. The molecule has 1 saturated carbocycles.